The van der Waals surface area contributed by atoms with Gasteiger partial charge in [-0.2, -0.15) is 4.31 Å². The fourth-order valence-corrected chi connectivity index (χ4v) is 4.23. The minimum atomic E-state index is -3.51. The van der Waals surface area contributed by atoms with Crippen molar-refractivity contribution in [3.63, 3.8) is 0 Å². The molecule has 7 heteroatoms. The molecule has 2 heterocycles. The van der Waals surface area contributed by atoms with Crippen LogP contribution in [-0.2, 0) is 17.1 Å². The van der Waals surface area contributed by atoms with Gasteiger partial charge in [0.2, 0.25) is 10.0 Å². The highest BCUT2D eigenvalue weighted by atomic mass is 32.2. The van der Waals surface area contributed by atoms with Gasteiger partial charge in [0, 0.05) is 39.1 Å². The van der Waals surface area contributed by atoms with E-state index >= 15 is 0 Å². The smallest absolute Gasteiger partial charge is 0.243 e. The van der Waals surface area contributed by atoms with Crippen LogP contribution in [0, 0.1) is 0 Å². The van der Waals surface area contributed by atoms with E-state index in [1.807, 2.05) is 23.9 Å². The Hall–Kier alpha value is -1.70. The molecule has 112 valence electrons. The van der Waals surface area contributed by atoms with Crippen LogP contribution in [-0.4, -0.2) is 41.9 Å². The summed E-state index contributed by atoms with van der Waals surface area (Å²) < 4.78 is 29.1. The quantitative estimate of drug-likeness (QED) is 0.909. The van der Waals surface area contributed by atoms with Crippen LogP contribution in [0.3, 0.4) is 0 Å². The number of nitrogens with one attached hydrogen (secondary N) is 1. The van der Waals surface area contributed by atoms with E-state index in [1.54, 1.807) is 34.8 Å². The summed E-state index contributed by atoms with van der Waals surface area (Å²) in [5, 5.41) is 3.24. The molecule has 1 saturated heterocycles. The number of sulfonamides is 1. The molecule has 1 atom stereocenters. The second-order valence-corrected chi connectivity index (χ2v) is 6.94. The van der Waals surface area contributed by atoms with Crippen LogP contribution >= 0.6 is 0 Å². The second-order valence-electron chi connectivity index (χ2n) is 5.05. The Morgan fingerprint density at radius 1 is 1.29 bits per heavy atom. The summed E-state index contributed by atoms with van der Waals surface area (Å²) in [6, 6.07) is 8.27. The molecule has 1 aromatic carbocycles. The molecule has 0 radical (unpaired) electrons. The van der Waals surface area contributed by atoms with E-state index in [4.69, 9.17) is 0 Å². The van der Waals surface area contributed by atoms with E-state index in [1.165, 1.54) is 0 Å². The van der Waals surface area contributed by atoms with E-state index in [2.05, 4.69) is 10.3 Å². The number of hydrogen-bond donors (Lipinski definition) is 1. The molecule has 3 rings (SSSR count). The number of piperazine rings is 1. The average Bonchev–Trinajstić information content (AvgIpc) is 2.94. The molecule has 0 amide bonds. The molecule has 0 spiro atoms. The third-order valence-corrected chi connectivity index (χ3v) is 5.62. The van der Waals surface area contributed by atoms with Crippen LogP contribution < -0.4 is 5.32 Å². The maximum Gasteiger partial charge on any atom is 0.243 e. The van der Waals surface area contributed by atoms with Crippen molar-refractivity contribution in [2.75, 3.05) is 19.6 Å². The van der Waals surface area contributed by atoms with Crippen LogP contribution in [0.5, 0.6) is 0 Å². The van der Waals surface area contributed by atoms with E-state index < -0.39 is 10.0 Å². The van der Waals surface area contributed by atoms with Gasteiger partial charge in [-0.1, -0.05) is 18.2 Å². The van der Waals surface area contributed by atoms with Gasteiger partial charge in [-0.05, 0) is 12.1 Å². The van der Waals surface area contributed by atoms with Gasteiger partial charge < -0.3 is 9.88 Å². The Labute approximate surface area is 124 Å². The summed E-state index contributed by atoms with van der Waals surface area (Å²) in [6.45, 7) is 1.65. The normalized spacial score (nSPS) is 20.5. The number of rotatable bonds is 3. The van der Waals surface area contributed by atoms with Crippen molar-refractivity contribution in [1.29, 1.82) is 0 Å². The zero-order valence-corrected chi connectivity index (χ0v) is 12.6. The van der Waals surface area contributed by atoms with Crippen molar-refractivity contribution in [3.8, 4) is 0 Å². The highest BCUT2D eigenvalue weighted by Crippen LogP contribution is 2.27. The molecule has 1 aliphatic rings. The Kier molecular flexibility index (Phi) is 3.79. The van der Waals surface area contributed by atoms with Crippen molar-refractivity contribution in [2.24, 2.45) is 7.05 Å². The maximum atomic E-state index is 12.9. The van der Waals surface area contributed by atoms with Crippen molar-refractivity contribution in [1.82, 2.24) is 19.2 Å². The van der Waals surface area contributed by atoms with Gasteiger partial charge in [-0.15, -0.1) is 0 Å². The highest BCUT2D eigenvalue weighted by Gasteiger charge is 2.36. The molecule has 1 fully saturated rings. The van der Waals surface area contributed by atoms with Crippen molar-refractivity contribution >= 4 is 10.0 Å². The predicted octanol–water partition coefficient (Wildman–Crippen LogP) is 0.755. The molecule has 2 aromatic rings. The van der Waals surface area contributed by atoms with Gasteiger partial charge >= 0.3 is 0 Å². The largest absolute Gasteiger partial charge is 0.337 e. The molecule has 1 N–H and O–H groups in total. The summed E-state index contributed by atoms with van der Waals surface area (Å²) in [4.78, 5) is 4.64. The van der Waals surface area contributed by atoms with E-state index in [9.17, 15) is 8.42 Å². The minimum Gasteiger partial charge on any atom is -0.337 e. The van der Waals surface area contributed by atoms with Crippen molar-refractivity contribution in [3.05, 3.63) is 48.5 Å². The topological polar surface area (TPSA) is 67.2 Å². The monoisotopic (exact) mass is 306 g/mol. The van der Waals surface area contributed by atoms with Gasteiger partial charge in [0.05, 0.1) is 10.9 Å². The minimum absolute atomic E-state index is 0.288. The first-order valence-electron chi connectivity index (χ1n) is 6.85. The van der Waals surface area contributed by atoms with E-state index in [0.717, 1.165) is 5.82 Å². The first-order valence-corrected chi connectivity index (χ1v) is 8.29. The zero-order valence-electron chi connectivity index (χ0n) is 11.8. The van der Waals surface area contributed by atoms with Gasteiger partial charge in [0.15, 0.2) is 0 Å². The third kappa shape index (κ3) is 2.59. The van der Waals surface area contributed by atoms with Crippen molar-refractivity contribution < 1.29 is 8.42 Å². The summed E-state index contributed by atoms with van der Waals surface area (Å²) in [5.74, 6) is 0.752. The van der Waals surface area contributed by atoms with Crippen LogP contribution in [0.4, 0.5) is 0 Å². The standard InChI is InChI=1S/C14H18N4O2S/c1-17-9-8-16-14(17)13-11-15-7-10-18(13)21(19,20)12-5-3-2-4-6-12/h2-6,8-9,13,15H,7,10-11H2,1H3. The molecule has 6 nitrogen and oxygen atoms in total. The molecule has 21 heavy (non-hydrogen) atoms. The Balaban J connectivity index is 2.01. The SMILES string of the molecule is Cn1ccnc1C1CNCCN1S(=O)(=O)c1ccccc1. The first-order chi connectivity index (χ1) is 10.1. The zero-order chi connectivity index (χ0) is 14.9. The Bertz CT molecular complexity index is 712. The lowest BCUT2D eigenvalue weighted by molar-refractivity contribution is 0.258. The van der Waals surface area contributed by atoms with Crippen LogP contribution in [0.25, 0.3) is 0 Å². The van der Waals surface area contributed by atoms with Crippen molar-refractivity contribution in [2.45, 2.75) is 10.9 Å². The predicted molar refractivity (Wildman–Crippen MR) is 79.2 cm³/mol. The number of imidazole rings is 1. The van der Waals surface area contributed by atoms with Crippen LogP contribution in [0.1, 0.15) is 11.9 Å². The molecular formula is C14H18N4O2S. The highest BCUT2D eigenvalue weighted by molar-refractivity contribution is 7.89. The van der Waals surface area contributed by atoms with Gasteiger partial charge in [0.1, 0.15) is 5.82 Å². The molecular weight excluding hydrogens is 288 g/mol. The fraction of sp³-hybridized carbons (Fsp3) is 0.357. The number of benzene rings is 1. The first kappa shape index (κ1) is 14.2. The molecule has 0 saturated carbocycles. The Morgan fingerprint density at radius 2 is 2.05 bits per heavy atom. The summed E-state index contributed by atoms with van der Waals surface area (Å²) >= 11 is 0. The molecule has 0 aliphatic carbocycles. The lowest BCUT2D eigenvalue weighted by Gasteiger charge is -2.34. The summed E-state index contributed by atoms with van der Waals surface area (Å²) in [6.07, 6.45) is 3.52. The van der Waals surface area contributed by atoms with Crippen LogP contribution in [0.15, 0.2) is 47.6 Å². The third-order valence-electron chi connectivity index (χ3n) is 3.70. The number of aryl methyl sites for hydroxylation is 1. The molecule has 1 aliphatic heterocycles. The van der Waals surface area contributed by atoms with Gasteiger partial charge in [-0.3, -0.25) is 0 Å². The average molecular weight is 306 g/mol. The molecule has 1 unspecified atom stereocenters. The second kappa shape index (κ2) is 5.59. The van der Waals surface area contributed by atoms with E-state index in [0.29, 0.717) is 24.5 Å². The lowest BCUT2D eigenvalue weighted by Crippen LogP contribution is -2.49. The van der Waals surface area contributed by atoms with Crippen LogP contribution in [0.2, 0.25) is 0 Å². The number of aromatic nitrogens is 2. The Morgan fingerprint density at radius 3 is 2.71 bits per heavy atom. The lowest BCUT2D eigenvalue weighted by atomic mass is 10.2. The van der Waals surface area contributed by atoms with E-state index in [-0.39, 0.29) is 6.04 Å². The molecule has 1 aromatic heterocycles. The summed E-state index contributed by atoms with van der Waals surface area (Å²) in [5.41, 5.74) is 0. The fourth-order valence-electron chi connectivity index (χ4n) is 2.62. The summed E-state index contributed by atoms with van der Waals surface area (Å²) in [7, 11) is -1.63. The molecule has 0 bridgehead atoms. The van der Waals surface area contributed by atoms with Gasteiger partial charge in [-0.25, -0.2) is 13.4 Å². The van der Waals surface area contributed by atoms with Gasteiger partial charge in [0.25, 0.3) is 0 Å². The number of hydrogen-bond acceptors (Lipinski definition) is 4. The maximum absolute atomic E-state index is 12.9. The number of nitrogens with zero attached hydrogens (tertiary/aromatic N) is 3.